The topological polar surface area (TPSA) is 78.4 Å². The predicted molar refractivity (Wildman–Crippen MR) is 59.7 cm³/mol. The summed E-state index contributed by atoms with van der Waals surface area (Å²) in [6.45, 7) is 1.40. The van der Waals surface area contributed by atoms with E-state index in [1.165, 1.54) is 24.6 Å². The van der Waals surface area contributed by atoms with Gasteiger partial charge < -0.3 is 5.32 Å². The molecule has 0 radical (unpaired) electrons. The van der Waals surface area contributed by atoms with Gasteiger partial charge in [0.05, 0.1) is 0 Å². The third-order valence-corrected chi connectivity index (χ3v) is 1.80. The van der Waals surface area contributed by atoms with Crippen molar-refractivity contribution in [1.82, 2.24) is 5.48 Å². The Bertz CT molecular complexity index is 427. The van der Waals surface area contributed by atoms with Crippen LogP contribution in [0, 0.1) is 0 Å². The molecule has 0 aliphatic heterocycles. The highest BCUT2D eigenvalue weighted by Gasteiger charge is 2.00. The highest BCUT2D eigenvalue weighted by atomic mass is 16.5. The molecule has 0 aliphatic rings. The second-order valence-electron chi connectivity index (χ2n) is 3.08. The Morgan fingerprint density at radius 1 is 1.31 bits per heavy atom. The fourth-order valence-electron chi connectivity index (χ4n) is 1.15. The molecule has 0 fully saturated rings. The smallest absolute Gasteiger partial charge is 0.267 e. The second-order valence-corrected chi connectivity index (χ2v) is 3.08. The average Bonchev–Trinajstić information content (AvgIpc) is 2.26. The minimum Gasteiger partial charge on any atom is -0.326 e. The molecule has 0 aliphatic carbocycles. The molecule has 1 aromatic carbocycles. The van der Waals surface area contributed by atoms with Crippen LogP contribution < -0.4 is 10.8 Å². The van der Waals surface area contributed by atoms with Gasteiger partial charge in [0.1, 0.15) is 0 Å². The number of amides is 2. The lowest BCUT2D eigenvalue weighted by molar-refractivity contribution is -0.124. The van der Waals surface area contributed by atoms with E-state index in [-0.39, 0.29) is 5.91 Å². The summed E-state index contributed by atoms with van der Waals surface area (Å²) < 4.78 is 0. The zero-order valence-corrected chi connectivity index (χ0v) is 8.73. The molecule has 0 heterocycles. The van der Waals surface area contributed by atoms with Gasteiger partial charge in [0.2, 0.25) is 5.91 Å². The molecule has 0 saturated heterocycles. The summed E-state index contributed by atoms with van der Waals surface area (Å²) in [6.07, 6.45) is 2.66. The third-order valence-electron chi connectivity index (χ3n) is 1.80. The van der Waals surface area contributed by atoms with Crippen LogP contribution in [-0.4, -0.2) is 17.0 Å². The number of benzene rings is 1. The van der Waals surface area contributed by atoms with E-state index < -0.39 is 5.91 Å². The normalized spacial score (nSPS) is 10.1. The van der Waals surface area contributed by atoms with E-state index in [1.807, 2.05) is 0 Å². The Kier molecular flexibility index (Phi) is 4.23. The maximum atomic E-state index is 10.9. The Hall–Kier alpha value is -2.14. The van der Waals surface area contributed by atoms with Crippen molar-refractivity contribution in [1.29, 1.82) is 0 Å². The maximum absolute atomic E-state index is 10.9. The summed E-state index contributed by atoms with van der Waals surface area (Å²) in [4.78, 5) is 21.7. The summed E-state index contributed by atoms with van der Waals surface area (Å²) in [5, 5.41) is 10.9. The summed E-state index contributed by atoms with van der Waals surface area (Å²) in [6, 6.07) is 7.01. The molecule has 0 aromatic heterocycles. The molecule has 0 unspecified atom stereocenters. The largest absolute Gasteiger partial charge is 0.326 e. The highest BCUT2D eigenvalue weighted by molar-refractivity contribution is 5.94. The first-order valence-corrected chi connectivity index (χ1v) is 4.62. The molecular formula is C11H12N2O3. The van der Waals surface area contributed by atoms with Crippen molar-refractivity contribution in [3.05, 3.63) is 35.9 Å². The molecule has 5 heteroatoms. The average molecular weight is 220 g/mol. The second kappa shape index (κ2) is 5.67. The van der Waals surface area contributed by atoms with Gasteiger partial charge in [-0.25, -0.2) is 5.48 Å². The van der Waals surface area contributed by atoms with E-state index in [9.17, 15) is 9.59 Å². The predicted octanol–water partition coefficient (Wildman–Crippen LogP) is 1.16. The molecule has 5 nitrogen and oxygen atoms in total. The van der Waals surface area contributed by atoms with E-state index in [1.54, 1.807) is 24.3 Å². The molecule has 1 rings (SSSR count). The van der Waals surface area contributed by atoms with Crippen molar-refractivity contribution in [2.24, 2.45) is 0 Å². The van der Waals surface area contributed by atoms with Crippen LogP contribution in [0.1, 0.15) is 12.5 Å². The molecule has 2 amide bonds. The Balaban J connectivity index is 2.90. The van der Waals surface area contributed by atoms with Gasteiger partial charge in [-0.2, -0.15) is 0 Å². The van der Waals surface area contributed by atoms with Crippen LogP contribution >= 0.6 is 0 Å². The van der Waals surface area contributed by atoms with Crippen LogP contribution in [0.2, 0.25) is 0 Å². The number of hydrogen-bond donors (Lipinski definition) is 3. The van der Waals surface area contributed by atoms with Crippen molar-refractivity contribution >= 4 is 23.6 Å². The summed E-state index contributed by atoms with van der Waals surface area (Å²) in [5.74, 6) is -0.815. The van der Waals surface area contributed by atoms with Gasteiger partial charge in [-0.1, -0.05) is 18.2 Å². The van der Waals surface area contributed by atoms with Crippen molar-refractivity contribution in [2.45, 2.75) is 6.92 Å². The zero-order valence-electron chi connectivity index (χ0n) is 8.73. The lowest BCUT2D eigenvalue weighted by Gasteiger charge is -2.05. The van der Waals surface area contributed by atoms with Crippen molar-refractivity contribution in [2.75, 3.05) is 5.32 Å². The number of anilines is 1. The minimum absolute atomic E-state index is 0.188. The lowest BCUT2D eigenvalue weighted by atomic mass is 10.1. The number of hydrogen-bond acceptors (Lipinski definition) is 3. The van der Waals surface area contributed by atoms with Crippen LogP contribution in [0.25, 0.3) is 6.08 Å². The third kappa shape index (κ3) is 3.55. The number of rotatable bonds is 3. The Morgan fingerprint density at radius 2 is 2.00 bits per heavy atom. The van der Waals surface area contributed by atoms with E-state index >= 15 is 0 Å². The number of hydroxylamine groups is 1. The number of carbonyl (C=O) groups is 2. The minimum atomic E-state index is -0.627. The van der Waals surface area contributed by atoms with Crippen LogP contribution in [0.5, 0.6) is 0 Å². The summed E-state index contributed by atoms with van der Waals surface area (Å²) in [5.41, 5.74) is 2.77. The van der Waals surface area contributed by atoms with Gasteiger partial charge in [-0.15, -0.1) is 0 Å². The van der Waals surface area contributed by atoms with Crippen molar-refractivity contribution in [3.63, 3.8) is 0 Å². The maximum Gasteiger partial charge on any atom is 0.267 e. The molecule has 1 aromatic rings. The first kappa shape index (κ1) is 11.9. The fourth-order valence-corrected chi connectivity index (χ4v) is 1.15. The monoisotopic (exact) mass is 220 g/mol. The van der Waals surface area contributed by atoms with Crippen molar-refractivity contribution in [3.8, 4) is 0 Å². The van der Waals surface area contributed by atoms with E-state index in [2.05, 4.69) is 5.32 Å². The standard InChI is InChI=1S/C11H12N2O3/c1-8(14)12-10-5-3-2-4-9(10)6-7-11(15)13-16/h2-7,16H,1H3,(H,12,14)(H,13,15)/b7-6+. The molecular weight excluding hydrogens is 208 g/mol. The molecule has 0 saturated carbocycles. The van der Waals surface area contributed by atoms with Gasteiger partial charge in [0.25, 0.3) is 5.91 Å². The SMILES string of the molecule is CC(=O)Nc1ccccc1/C=C/C(=O)NO. The molecule has 84 valence electrons. The van der Waals surface area contributed by atoms with Crippen molar-refractivity contribution < 1.29 is 14.8 Å². The van der Waals surface area contributed by atoms with E-state index in [0.29, 0.717) is 11.3 Å². The Morgan fingerprint density at radius 3 is 2.62 bits per heavy atom. The molecule has 0 spiro atoms. The molecule has 3 N–H and O–H groups in total. The Labute approximate surface area is 92.7 Å². The van der Waals surface area contributed by atoms with E-state index in [0.717, 1.165) is 0 Å². The molecule has 0 bridgehead atoms. The summed E-state index contributed by atoms with van der Waals surface area (Å²) in [7, 11) is 0. The van der Waals surface area contributed by atoms with Gasteiger partial charge in [0, 0.05) is 18.7 Å². The molecule has 0 atom stereocenters. The summed E-state index contributed by atoms with van der Waals surface area (Å²) >= 11 is 0. The zero-order chi connectivity index (χ0) is 12.0. The van der Waals surface area contributed by atoms with E-state index in [4.69, 9.17) is 5.21 Å². The van der Waals surface area contributed by atoms with Gasteiger partial charge >= 0.3 is 0 Å². The number of para-hydroxylation sites is 1. The fraction of sp³-hybridized carbons (Fsp3) is 0.0909. The first-order valence-electron chi connectivity index (χ1n) is 4.62. The van der Waals surface area contributed by atoms with Crippen LogP contribution in [0.3, 0.4) is 0 Å². The van der Waals surface area contributed by atoms with Crippen LogP contribution in [0.4, 0.5) is 5.69 Å². The lowest BCUT2D eigenvalue weighted by Crippen LogP contribution is -2.15. The number of nitrogens with one attached hydrogen (secondary N) is 2. The van der Waals surface area contributed by atoms with Gasteiger partial charge in [-0.05, 0) is 17.7 Å². The van der Waals surface area contributed by atoms with Crippen LogP contribution in [-0.2, 0) is 9.59 Å². The molecule has 16 heavy (non-hydrogen) atoms. The van der Waals surface area contributed by atoms with Gasteiger partial charge in [-0.3, -0.25) is 14.8 Å². The first-order chi connectivity index (χ1) is 7.63. The quantitative estimate of drug-likeness (QED) is 0.406. The highest BCUT2D eigenvalue weighted by Crippen LogP contribution is 2.16. The van der Waals surface area contributed by atoms with Gasteiger partial charge in [0.15, 0.2) is 0 Å². The van der Waals surface area contributed by atoms with Crippen LogP contribution in [0.15, 0.2) is 30.3 Å². The number of carbonyl (C=O) groups excluding carboxylic acids is 2.